The van der Waals surface area contributed by atoms with Crippen molar-refractivity contribution in [2.24, 2.45) is 5.92 Å². The predicted molar refractivity (Wildman–Crippen MR) is 70.4 cm³/mol. The molecular weight excluding hydrogens is 286 g/mol. The fraction of sp³-hybridized carbons (Fsp3) is 0.500. The molecule has 0 aliphatic rings. The second-order valence-corrected chi connectivity index (χ2v) is 5.17. The maximum absolute atomic E-state index is 10.8. The van der Waals surface area contributed by atoms with E-state index in [4.69, 9.17) is 4.74 Å². The Hall–Kier alpha value is -1.10. The van der Waals surface area contributed by atoms with Crippen LogP contribution in [0.15, 0.2) is 22.7 Å². The number of nitro groups is 1. The van der Waals surface area contributed by atoms with E-state index in [9.17, 15) is 10.1 Å². The van der Waals surface area contributed by atoms with Crippen LogP contribution in [0.2, 0.25) is 0 Å². The molecular formula is C12H16BrNO3. The topological polar surface area (TPSA) is 52.4 Å². The van der Waals surface area contributed by atoms with Gasteiger partial charge in [-0.1, -0.05) is 29.8 Å². The molecule has 4 nitrogen and oxygen atoms in total. The summed E-state index contributed by atoms with van der Waals surface area (Å²) >= 11 is 3.21. The fourth-order valence-electron chi connectivity index (χ4n) is 1.43. The molecule has 0 amide bonds. The van der Waals surface area contributed by atoms with Gasteiger partial charge in [-0.05, 0) is 30.9 Å². The molecule has 0 fully saturated rings. The SMILES string of the molecule is CC(C)CCCOc1ccc(Br)cc1[N+](=O)[O-]. The van der Waals surface area contributed by atoms with E-state index < -0.39 is 4.92 Å². The molecule has 0 saturated carbocycles. The number of hydrogen-bond acceptors (Lipinski definition) is 3. The molecule has 0 spiro atoms. The smallest absolute Gasteiger partial charge is 0.312 e. The Morgan fingerprint density at radius 1 is 1.47 bits per heavy atom. The zero-order valence-electron chi connectivity index (χ0n) is 9.98. The van der Waals surface area contributed by atoms with Gasteiger partial charge in [-0.2, -0.15) is 0 Å². The van der Waals surface area contributed by atoms with Crippen LogP contribution in [0.3, 0.4) is 0 Å². The third kappa shape index (κ3) is 4.73. The van der Waals surface area contributed by atoms with Crippen LogP contribution in [-0.2, 0) is 0 Å². The van der Waals surface area contributed by atoms with Crippen molar-refractivity contribution < 1.29 is 9.66 Å². The van der Waals surface area contributed by atoms with Crippen LogP contribution in [-0.4, -0.2) is 11.5 Å². The fourth-order valence-corrected chi connectivity index (χ4v) is 1.78. The quantitative estimate of drug-likeness (QED) is 0.450. The molecule has 0 aliphatic heterocycles. The van der Waals surface area contributed by atoms with Gasteiger partial charge in [-0.25, -0.2) is 0 Å². The highest BCUT2D eigenvalue weighted by atomic mass is 79.9. The minimum absolute atomic E-state index is 0.00363. The van der Waals surface area contributed by atoms with E-state index in [-0.39, 0.29) is 5.69 Å². The van der Waals surface area contributed by atoms with Gasteiger partial charge in [-0.15, -0.1) is 0 Å². The first-order valence-electron chi connectivity index (χ1n) is 5.57. The molecule has 1 aromatic rings. The van der Waals surface area contributed by atoms with E-state index in [1.165, 1.54) is 6.07 Å². The number of hydrogen-bond donors (Lipinski definition) is 0. The molecule has 1 rings (SSSR count). The molecule has 5 heteroatoms. The lowest BCUT2D eigenvalue weighted by atomic mass is 10.1. The van der Waals surface area contributed by atoms with Gasteiger partial charge in [0.05, 0.1) is 11.5 Å². The van der Waals surface area contributed by atoms with Gasteiger partial charge < -0.3 is 4.74 Å². The van der Waals surface area contributed by atoms with Gasteiger partial charge in [0.25, 0.3) is 0 Å². The molecule has 94 valence electrons. The normalized spacial score (nSPS) is 10.6. The van der Waals surface area contributed by atoms with Crippen molar-refractivity contribution in [3.05, 3.63) is 32.8 Å². The number of benzene rings is 1. The zero-order chi connectivity index (χ0) is 12.8. The van der Waals surface area contributed by atoms with Crippen molar-refractivity contribution in [2.75, 3.05) is 6.61 Å². The van der Waals surface area contributed by atoms with Crippen LogP contribution in [0, 0.1) is 16.0 Å². The first-order valence-corrected chi connectivity index (χ1v) is 6.36. The molecule has 17 heavy (non-hydrogen) atoms. The van der Waals surface area contributed by atoms with E-state index in [0.717, 1.165) is 12.8 Å². The van der Waals surface area contributed by atoms with Crippen LogP contribution in [0.5, 0.6) is 5.75 Å². The Bertz CT molecular complexity index is 393. The summed E-state index contributed by atoms with van der Waals surface area (Å²) in [4.78, 5) is 10.4. The average Bonchev–Trinajstić information content (AvgIpc) is 2.25. The lowest BCUT2D eigenvalue weighted by molar-refractivity contribution is -0.385. The largest absolute Gasteiger partial charge is 0.487 e. The number of rotatable bonds is 6. The maximum Gasteiger partial charge on any atom is 0.312 e. The van der Waals surface area contributed by atoms with E-state index in [1.807, 2.05) is 0 Å². The van der Waals surface area contributed by atoms with E-state index in [1.54, 1.807) is 12.1 Å². The molecule has 0 atom stereocenters. The number of nitrogens with zero attached hydrogens (tertiary/aromatic N) is 1. The molecule has 0 N–H and O–H groups in total. The monoisotopic (exact) mass is 301 g/mol. The lowest BCUT2D eigenvalue weighted by Crippen LogP contribution is -2.02. The van der Waals surface area contributed by atoms with Gasteiger partial charge in [-0.3, -0.25) is 10.1 Å². The second-order valence-electron chi connectivity index (χ2n) is 4.25. The van der Waals surface area contributed by atoms with Crippen molar-refractivity contribution in [3.8, 4) is 5.75 Å². The Kier molecular flexibility index (Phi) is 5.41. The summed E-state index contributed by atoms with van der Waals surface area (Å²) in [7, 11) is 0. The maximum atomic E-state index is 10.8. The summed E-state index contributed by atoms with van der Waals surface area (Å²) in [5, 5.41) is 10.8. The first kappa shape index (κ1) is 14.0. The molecule has 0 heterocycles. The number of nitro benzene ring substituents is 1. The second kappa shape index (κ2) is 6.59. The Morgan fingerprint density at radius 2 is 2.18 bits per heavy atom. The standard InChI is InChI=1S/C12H16BrNO3/c1-9(2)4-3-7-17-12-6-5-10(13)8-11(12)14(15)16/h5-6,8-9H,3-4,7H2,1-2H3. The van der Waals surface area contributed by atoms with Crippen LogP contribution >= 0.6 is 15.9 Å². The zero-order valence-corrected chi connectivity index (χ0v) is 11.6. The minimum atomic E-state index is -0.428. The molecule has 0 saturated heterocycles. The van der Waals surface area contributed by atoms with Crippen LogP contribution in [0.25, 0.3) is 0 Å². The van der Waals surface area contributed by atoms with Gasteiger partial charge in [0, 0.05) is 10.5 Å². The van der Waals surface area contributed by atoms with Crippen molar-refractivity contribution in [3.63, 3.8) is 0 Å². The lowest BCUT2D eigenvalue weighted by Gasteiger charge is -2.08. The molecule has 0 radical (unpaired) electrons. The average molecular weight is 302 g/mol. The Labute approximate surface area is 109 Å². The van der Waals surface area contributed by atoms with Crippen molar-refractivity contribution >= 4 is 21.6 Å². The van der Waals surface area contributed by atoms with Crippen LogP contribution in [0.1, 0.15) is 26.7 Å². The molecule has 1 aromatic carbocycles. The van der Waals surface area contributed by atoms with Gasteiger partial charge in [0.15, 0.2) is 5.75 Å². The van der Waals surface area contributed by atoms with Gasteiger partial charge in [0.2, 0.25) is 0 Å². The van der Waals surface area contributed by atoms with Crippen LogP contribution < -0.4 is 4.74 Å². The molecule has 0 aliphatic carbocycles. The van der Waals surface area contributed by atoms with Gasteiger partial charge in [0.1, 0.15) is 0 Å². The Balaban J connectivity index is 2.61. The van der Waals surface area contributed by atoms with Crippen molar-refractivity contribution in [1.82, 2.24) is 0 Å². The van der Waals surface area contributed by atoms with Crippen LogP contribution in [0.4, 0.5) is 5.69 Å². The summed E-state index contributed by atoms with van der Waals surface area (Å²) in [6.07, 6.45) is 1.97. The highest BCUT2D eigenvalue weighted by Gasteiger charge is 2.15. The van der Waals surface area contributed by atoms with Crippen molar-refractivity contribution in [1.29, 1.82) is 0 Å². The highest BCUT2D eigenvalue weighted by Crippen LogP contribution is 2.30. The predicted octanol–water partition coefficient (Wildman–Crippen LogP) is 4.17. The summed E-state index contributed by atoms with van der Waals surface area (Å²) in [6.45, 7) is 4.80. The summed E-state index contributed by atoms with van der Waals surface area (Å²) in [5.74, 6) is 0.959. The summed E-state index contributed by atoms with van der Waals surface area (Å²) in [5.41, 5.74) is 0.00363. The molecule has 0 unspecified atom stereocenters. The Morgan fingerprint density at radius 3 is 2.76 bits per heavy atom. The number of halogens is 1. The molecule has 0 bridgehead atoms. The van der Waals surface area contributed by atoms with E-state index >= 15 is 0 Å². The molecule has 0 aromatic heterocycles. The third-order valence-corrected chi connectivity index (χ3v) is 2.79. The number of ether oxygens (including phenoxy) is 1. The van der Waals surface area contributed by atoms with E-state index in [0.29, 0.717) is 22.7 Å². The highest BCUT2D eigenvalue weighted by molar-refractivity contribution is 9.10. The van der Waals surface area contributed by atoms with Crippen molar-refractivity contribution in [2.45, 2.75) is 26.7 Å². The first-order chi connectivity index (χ1) is 8.00. The van der Waals surface area contributed by atoms with Gasteiger partial charge >= 0.3 is 5.69 Å². The summed E-state index contributed by atoms with van der Waals surface area (Å²) < 4.78 is 6.12. The summed E-state index contributed by atoms with van der Waals surface area (Å²) in [6, 6.07) is 4.82. The van der Waals surface area contributed by atoms with E-state index in [2.05, 4.69) is 29.8 Å². The third-order valence-electron chi connectivity index (χ3n) is 2.30. The minimum Gasteiger partial charge on any atom is -0.487 e.